The number of halogens is 4. The lowest BCUT2D eigenvalue weighted by atomic mass is 11.0. The minimum atomic E-state index is -4.19. The topological polar surface area (TPSA) is 36.9 Å². The summed E-state index contributed by atoms with van der Waals surface area (Å²) in [7, 11) is 0. The highest BCUT2D eigenvalue weighted by Crippen LogP contribution is 2.34. The van der Waals surface area contributed by atoms with E-state index in [1.54, 1.807) is 0 Å². The average molecular weight is 216 g/mol. The van der Waals surface area contributed by atoms with Crippen LogP contribution >= 0.6 is 0 Å². The first-order chi connectivity index (χ1) is 6.51. The van der Waals surface area contributed by atoms with Crippen molar-refractivity contribution in [2.75, 3.05) is 6.79 Å². The molecule has 0 bridgehead atoms. The fraction of sp³-hybridized carbons (Fsp3) is 0.333. The second kappa shape index (κ2) is 4.07. The van der Waals surface area contributed by atoms with Gasteiger partial charge in [-0.3, -0.25) is 0 Å². The lowest BCUT2D eigenvalue weighted by Crippen LogP contribution is -2.15. The van der Waals surface area contributed by atoms with Crippen molar-refractivity contribution in [3.05, 3.63) is 24.6 Å². The van der Waals surface area contributed by atoms with Gasteiger partial charge in [-0.1, -0.05) is 0 Å². The molecule has 0 saturated carbocycles. The lowest BCUT2D eigenvalue weighted by Gasteiger charge is -2.03. The van der Waals surface area contributed by atoms with Crippen LogP contribution in [0, 0.1) is 0 Å². The van der Waals surface area contributed by atoms with E-state index in [9.17, 15) is 17.6 Å². The largest absolute Gasteiger partial charge is 0.589 e. The number of hydrogen-bond donors (Lipinski definition) is 0. The number of hydrogen-bond acceptors (Lipinski definition) is 4. The second-order valence-electron chi connectivity index (χ2n) is 1.94. The van der Waals surface area contributed by atoms with Crippen LogP contribution in [0.2, 0.25) is 0 Å². The van der Waals surface area contributed by atoms with Crippen LogP contribution in [0.15, 0.2) is 24.6 Å². The van der Waals surface area contributed by atoms with Crippen LogP contribution in [0.25, 0.3) is 0 Å². The fourth-order valence-corrected chi connectivity index (χ4v) is 0.506. The van der Waals surface area contributed by atoms with Gasteiger partial charge in [0.25, 0.3) is 0 Å². The van der Waals surface area contributed by atoms with E-state index < -0.39 is 18.3 Å². The summed E-state index contributed by atoms with van der Waals surface area (Å²) in [5.41, 5.74) is 0. The first-order valence-corrected chi connectivity index (χ1v) is 3.20. The summed E-state index contributed by atoms with van der Waals surface area (Å²) in [5.74, 6) is 0. The Balaban J connectivity index is 0.000000165. The summed E-state index contributed by atoms with van der Waals surface area (Å²) >= 11 is 0. The van der Waals surface area contributed by atoms with Gasteiger partial charge >= 0.3 is 18.3 Å². The molecule has 0 aromatic carbocycles. The molecule has 0 aliphatic carbocycles. The summed E-state index contributed by atoms with van der Waals surface area (Å²) in [5, 5.41) is 0. The summed E-state index contributed by atoms with van der Waals surface area (Å²) in [6.45, 7) is 0.389. The standard InChI is InChI=1S/C3F4O2.C3H4O2/c4-1-2(5)9-3(6,7)8-1;1-2-5-3-4-1/h;1-2H,3H2. The monoisotopic (exact) mass is 216 g/mol. The Bertz CT molecular complexity index is 241. The smallest absolute Gasteiger partial charge is 0.462 e. The first kappa shape index (κ1) is 10.5. The lowest BCUT2D eigenvalue weighted by molar-refractivity contribution is -0.345. The zero-order chi connectivity index (χ0) is 10.6. The predicted molar refractivity (Wildman–Crippen MR) is 32.5 cm³/mol. The van der Waals surface area contributed by atoms with Crippen LogP contribution in [-0.2, 0) is 18.9 Å². The first-order valence-electron chi connectivity index (χ1n) is 3.20. The molecule has 0 aromatic heterocycles. The van der Waals surface area contributed by atoms with Crippen LogP contribution in [-0.4, -0.2) is 13.1 Å². The Morgan fingerprint density at radius 2 is 1.43 bits per heavy atom. The Hall–Kier alpha value is -1.60. The van der Waals surface area contributed by atoms with E-state index in [0.717, 1.165) is 0 Å². The SMILES string of the molecule is C1=COCO1.FC1=C(F)OC(F)(F)O1. The van der Waals surface area contributed by atoms with E-state index in [-0.39, 0.29) is 0 Å². The van der Waals surface area contributed by atoms with E-state index in [0.29, 0.717) is 6.79 Å². The minimum absolute atomic E-state index is 0.389. The molecule has 4 nitrogen and oxygen atoms in total. The molecular weight excluding hydrogens is 212 g/mol. The van der Waals surface area contributed by atoms with Gasteiger partial charge in [-0.05, 0) is 0 Å². The number of rotatable bonds is 0. The quantitative estimate of drug-likeness (QED) is 0.581. The van der Waals surface area contributed by atoms with Gasteiger partial charge < -0.3 is 18.9 Å². The van der Waals surface area contributed by atoms with Gasteiger partial charge in [-0.15, -0.1) is 8.78 Å². The maximum absolute atomic E-state index is 11.5. The zero-order valence-corrected chi connectivity index (χ0v) is 6.51. The second-order valence-corrected chi connectivity index (χ2v) is 1.94. The molecule has 14 heavy (non-hydrogen) atoms. The molecule has 80 valence electrons. The molecular formula is C6H4F4O4. The third-order valence-corrected chi connectivity index (χ3v) is 0.955. The molecule has 0 unspecified atom stereocenters. The number of alkyl halides is 2. The molecule has 0 radical (unpaired) electrons. The van der Waals surface area contributed by atoms with Crippen LogP contribution in [0.5, 0.6) is 0 Å². The van der Waals surface area contributed by atoms with Crippen molar-refractivity contribution < 1.29 is 36.5 Å². The van der Waals surface area contributed by atoms with Crippen LogP contribution < -0.4 is 0 Å². The molecule has 2 aliphatic heterocycles. The van der Waals surface area contributed by atoms with E-state index in [1.807, 2.05) is 0 Å². The molecule has 2 rings (SSSR count). The molecule has 0 atom stereocenters. The summed E-state index contributed by atoms with van der Waals surface area (Å²) in [6, 6.07) is -4.06. The molecule has 0 fully saturated rings. The molecule has 2 aliphatic rings. The van der Waals surface area contributed by atoms with Crippen molar-refractivity contribution in [2.24, 2.45) is 0 Å². The third-order valence-electron chi connectivity index (χ3n) is 0.955. The Morgan fingerprint density at radius 1 is 1.00 bits per heavy atom. The Labute approximate surface area is 75.3 Å². The normalized spacial score (nSPS) is 21.4. The van der Waals surface area contributed by atoms with Crippen molar-refractivity contribution in [3.8, 4) is 0 Å². The van der Waals surface area contributed by atoms with E-state index >= 15 is 0 Å². The van der Waals surface area contributed by atoms with Crippen LogP contribution in [0.4, 0.5) is 17.6 Å². The Kier molecular flexibility index (Phi) is 3.05. The highest BCUT2D eigenvalue weighted by Gasteiger charge is 2.46. The van der Waals surface area contributed by atoms with Crippen molar-refractivity contribution in [1.29, 1.82) is 0 Å². The van der Waals surface area contributed by atoms with E-state index in [4.69, 9.17) is 0 Å². The highest BCUT2D eigenvalue weighted by molar-refractivity contribution is 4.88. The highest BCUT2D eigenvalue weighted by atomic mass is 19.3. The van der Waals surface area contributed by atoms with Crippen molar-refractivity contribution in [3.63, 3.8) is 0 Å². The van der Waals surface area contributed by atoms with Gasteiger partial charge in [0.05, 0.1) is 0 Å². The van der Waals surface area contributed by atoms with Crippen LogP contribution in [0.3, 0.4) is 0 Å². The molecule has 0 saturated heterocycles. The summed E-state index contributed by atoms with van der Waals surface area (Å²) in [4.78, 5) is 0. The maximum Gasteiger partial charge on any atom is 0.589 e. The van der Waals surface area contributed by atoms with Gasteiger partial charge in [0.15, 0.2) is 0 Å². The molecule has 8 heteroatoms. The van der Waals surface area contributed by atoms with Gasteiger partial charge in [0, 0.05) is 0 Å². The van der Waals surface area contributed by atoms with Crippen molar-refractivity contribution in [1.82, 2.24) is 0 Å². The van der Waals surface area contributed by atoms with Crippen molar-refractivity contribution in [2.45, 2.75) is 6.29 Å². The van der Waals surface area contributed by atoms with Crippen molar-refractivity contribution >= 4 is 0 Å². The maximum atomic E-state index is 11.5. The molecule has 2 heterocycles. The minimum Gasteiger partial charge on any atom is -0.462 e. The van der Waals surface area contributed by atoms with Gasteiger partial charge in [-0.25, -0.2) is 0 Å². The van der Waals surface area contributed by atoms with Gasteiger partial charge in [-0.2, -0.15) is 8.78 Å². The zero-order valence-electron chi connectivity index (χ0n) is 6.51. The number of ether oxygens (including phenoxy) is 4. The predicted octanol–water partition coefficient (Wildman–Crippen LogP) is 2.11. The Morgan fingerprint density at radius 3 is 1.57 bits per heavy atom. The molecule has 0 N–H and O–H groups in total. The van der Waals surface area contributed by atoms with E-state index in [1.165, 1.54) is 12.5 Å². The van der Waals surface area contributed by atoms with Gasteiger partial charge in [0.2, 0.25) is 6.79 Å². The average Bonchev–Trinajstić information content (AvgIpc) is 2.63. The summed E-state index contributed by atoms with van der Waals surface area (Å²) in [6.07, 6.45) is -1.16. The summed E-state index contributed by atoms with van der Waals surface area (Å²) < 4.78 is 60.9. The molecule has 0 amide bonds. The van der Waals surface area contributed by atoms with E-state index in [2.05, 4.69) is 18.9 Å². The molecule has 0 spiro atoms. The van der Waals surface area contributed by atoms with Crippen LogP contribution in [0.1, 0.15) is 0 Å². The van der Waals surface area contributed by atoms with Gasteiger partial charge in [0.1, 0.15) is 12.5 Å². The third kappa shape index (κ3) is 3.04. The molecule has 0 aromatic rings. The fourth-order valence-electron chi connectivity index (χ4n) is 0.506.